The normalized spacial score (nSPS) is 10.9. The van der Waals surface area contributed by atoms with E-state index in [-0.39, 0.29) is 0 Å². The quantitative estimate of drug-likeness (QED) is 0.692. The van der Waals surface area contributed by atoms with Crippen molar-refractivity contribution in [3.05, 3.63) is 59.2 Å². The van der Waals surface area contributed by atoms with Crippen molar-refractivity contribution in [2.24, 2.45) is 5.92 Å². The lowest BCUT2D eigenvalue weighted by Crippen LogP contribution is -2.00. The molecule has 0 bridgehead atoms. The minimum absolute atomic E-state index is 0.689. The topological polar surface area (TPSA) is 0 Å². The molecule has 18 heavy (non-hydrogen) atoms. The molecule has 0 fully saturated rings. The Hall–Kier alpha value is -1.56. The summed E-state index contributed by atoms with van der Waals surface area (Å²) in [5.41, 5.74) is 7.04. The van der Waals surface area contributed by atoms with Crippen molar-refractivity contribution in [3.8, 4) is 11.1 Å². The van der Waals surface area contributed by atoms with Gasteiger partial charge in [0.15, 0.2) is 0 Å². The van der Waals surface area contributed by atoms with Gasteiger partial charge < -0.3 is 0 Å². The van der Waals surface area contributed by atoms with E-state index >= 15 is 0 Å². The van der Waals surface area contributed by atoms with Gasteiger partial charge in [0.2, 0.25) is 0 Å². The molecule has 0 aliphatic carbocycles. The molecule has 0 aromatic heterocycles. The van der Waals surface area contributed by atoms with Gasteiger partial charge in [0, 0.05) is 0 Å². The van der Waals surface area contributed by atoms with Crippen LogP contribution in [0, 0.1) is 19.8 Å². The molecule has 0 saturated heterocycles. The van der Waals surface area contributed by atoms with E-state index in [2.05, 4.69) is 70.2 Å². The van der Waals surface area contributed by atoms with Gasteiger partial charge >= 0.3 is 0 Å². The summed E-state index contributed by atoms with van der Waals surface area (Å²) in [6.07, 6.45) is 1.15. The second-order valence-corrected chi connectivity index (χ2v) is 5.51. The Labute approximate surface area is 111 Å². The van der Waals surface area contributed by atoms with Crippen molar-refractivity contribution in [1.29, 1.82) is 0 Å². The lowest BCUT2D eigenvalue weighted by Gasteiger charge is -2.16. The fraction of sp³-hybridized carbons (Fsp3) is 0.333. The van der Waals surface area contributed by atoms with Gasteiger partial charge in [-0.15, -0.1) is 0 Å². The summed E-state index contributed by atoms with van der Waals surface area (Å²) >= 11 is 0. The summed E-state index contributed by atoms with van der Waals surface area (Å²) in [6, 6.07) is 15.3. The first-order valence-electron chi connectivity index (χ1n) is 6.74. The maximum atomic E-state index is 2.29. The molecule has 0 unspecified atom stereocenters. The van der Waals surface area contributed by atoms with Crippen molar-refractivity contribution in [3.63, 3.8) is 0 Å². The van der Waals surface area contributed by atoms with Gasteiger partial charge in [0.25, 0.3) is 0 Å². The molecule has 0 nitrogen and oxygen atoms in total. The molecule has 0 heterocycles. The van der Waals surface area contributed by atoms with Crippen LogP contribution >= 0.6 is 0 Å². The van der Waals surface area contributed by atoms with Crippen LogP contribution in [-0.2, 0) is 6.42 Å². The third kappa shape index (κ3) is 2.64. The molecule has 2 aromatic rings. The molecule has 0 aliphatic rings. The summed E-state index contributed by atoms with van der Waals surface area (Å²) in [5, 5.41) is 0. The Morgan fingerprint density at radius 3 is 2.06 bits per heavy atom. The number of aryl methyl sites for hydroxylation is 2. The number of hydrogen-bond acceptors (Lipinski definition) is 0. The standard InChI is InChI=1S/C18H22/c1-13(2)12-18-15(4)9-7-11-17(18)16-10-6-5-8-14(16)3/h5-11,13H,12H2,1-4H3. The molecule has 94 valence electrons. The fourth-order valence-corrected chi connectivity index (χ4v) is 2.51. The van der Waals surface area contributed by atoms with Gasteiger partial charge in [-0.25, -0.2) is 0 Å². The minimum atomic E-state index is 0.689. The first-order chi connectivity index (χ1) is 8.59. The maximum absolute atomic E-state index is 2.29. The van der Waals surface area contributed by atoms with Crippen molar-refractivity contribution in [2.75, 3.05) is 0 Å². The Morgan fingerprint density at radius 1 is 0.778 bits per heavy atom. The molecule has 0 saturated carbocycles. The highest BCUT2D eigenvalue weighted by Crippen LogP contribution is 2.30. The van der Waals surface area contributed by atoms with E-state index in [9.17, 15) is 0 Å². The predicted octanol–water partition coefficient (Wildman–Crippen LogP) is 5.17. The molecule has 0 aliphatic heterocycles. The summed E-state index contributed by atoms with van der Waals surface area (Å²) in [4.78, 5) is 0. The second-order valence-electron chi connectivity index (χ2n) is 5.51. The van der Waals surface area contributed by atoms with E-state index < -0.39 is 0 Å². The molecule has 0 amide bonds. The van der Waals surface area contributed by atoms with Crippen LogP contribution in [0.25, 0.3) is 11.1 Å². The van der Waals surface area contributed by atoms with E-state index in [4.69, 9.17) is 0 Å². The largest absolute Gasteiger partial charge is 0.0625 e. The number of benzene rings is 2. The summed E-state index contributed by atoms with van der Waals surface area (Å²) in [5.74, 6) is 0.689. The Kier molecular flexibility index (Phi) is 3.86. The Bertz CT molecular complexity index is 535. The van der Waals surface area contributed by atoms with Gasteiger partial charge in [-0.1, -0.05) is 56.3 Å². The first-order valence-corrected chi connectivity index (χ1v) is 6.74. The van der Waals surface area contributed by atoms with E-state index in [1.165, 1.54) is 27.8 Å². The highest BCUT2D eigenvalue weighted by Gasteiger charge is 2.10. The van der Waals surface area contributed by atoms with E-state index in [0.717, 1.165) is 6.42 Å². The average molecular weight is 238 g/mol. The molecule has 0 spiro atoms. The van der Waals surface area contributed by atoms with Gasteiger partial charge in [0.1, 0.15) is 0 Å². The van der Waals surface area contributed by atoms with Gasteiger partial charge in [-0.3, -0.25) is 0 Å². The third-order valence-electron chi connectivity index (χ3n) is 3.46. The van der Waals surface area contributed by atoms with Crippen LogP contribution in [0.15, 0.2) is 42.5 Å². The van der Waals surface area contributed by atoms with Crippen LogP contribution in [0.5, 0.6) is 0 Å². The highest BCUT2D eigenvalue weighted by atomic mass is 14.1. The SMILES string of the molecule is Cc1ccccc1-c1cccc(C)c1CC(C)C. The van der Waals surface area contributed by atoms with Crippen LogP contribution in [0.2, 0.25) is 0 Å². The number of rotatable bonds is 3. The lowest BCUT2D eigenvalue weighted by molar-refractivity contribution is 0.646. The van der Waals surface area contributed by atoms with Gasteiger partial charge in [0.05, 0.1) is 0 Å². The highest BCUT2D eigenvalue weighted by molar-refractivity contribution is 5.71. The fourth-order valence-electron chi connectivity index (χ4n) is 2.51. The zero-order valence-electron chi connectivity index (χ0n) is 11.8. The molecule has 2 aromatic carbocycles. The smallest absolute Gasteiger partial charge is 0.0147 e. The minimum Gasteiger partial charge on any atom is -0.0625 e. The van der Waals surface area contributed by atoms with E-state index in [1.807, 2.05) is 0 Å². The Morgan fingerprint density at radius 2 is 1.39 bits per heavy atom. The van der Waals surface area contributed by atoms with Crippen molar-refractivity contribution >= 4 is 0 Å². The molecule has 0 radical (unpaired) electrons. The van der Waals surface area contributed by atoms with Gasteiger partial charge in [-0.05, 0) is 54.0 Å². The van der Waals surface area contributed by atoms with Gasteiger partial charge in [-0.2, -0.15) is 0 Å². The van der Waals surface area contributed by atoms with Crippen LogP contribution < -0.4 is 0 Å². The maximum Gasteiger partial charge on any atom is -0.0147 e. The van der Waals surface area contributed by atoms with E-state index in [0.29, 0.717) is 5.92 Å². The van der Waals surface area contributed by atoms with Crippen LogP contribution in [0.1, 0.15) is 30.5 Å². The van der Waals surface area contributed by atoms with E-state index in [1.54, 1.807) is 0 Å². The van der Waals surface area contributed by atoms with Crippen molar-refractivity contribution in [1.82, 2.24) is 0 Å². The molecule has 0 atom stereocenters. The molecule has 2 rings (SSSR count). The second kappa shape index (κ2) is 5.39. The number of hydrogen-bond donors (Lipinski definition) is 0. The van der Waals surface area contributed by atoms with Crippen LogP contribution in [0.3, 0.4) is 0 Å². The Balaban J connectivity index is 2.57. The first kappa shape index (κ1) is 12.9. The molecule has 0 heteroatoms. The third-order valence-corrected chi connectivity index (χ3v) is 3.46. The predicted molar refractivity (Wildman–Crippen MR) is 79.9 cm³/mol. The summed E-state index contributed by atoms with van der Waals surface area (Å²) in [7, 11) is 0. The van der Waals surface area contributed by atoms with Crippen LogP contribution in [0.4, 0.5) is 0 Å². The zero-order chi connectivity index (χ0) is 13.1. The summed E-state index contributed by atoms with van der Waals surface area (Å²) in [6.45, 7) is 8.98. The molecular formula is C18H22. The molecular weight excluding hydrogens is 216 g/mol. The van der Waals surface area contributed by atoms with Crippen molar-refractivity contribution in [2.45, 2.75) is 34.1 Å². The van der Waals surface area contributed by atoms with Crippen LogP contribution in [-0.4, -0.2) is 0 Å². The summed E-state index contributed by atoms with van der Waals surface area (Å²) < 4.78 is 0. The lowest BCUT2D eigenvalue weighted by atomic mass is 9.89. The average Bonchev–Trinajstić information content (AvgIpc) is 2.32. The zero-order valence-corrected chi connectivity index (χ0v) is 11.8. The monoisotopic (exact) mass is 238 g/mol. The molecule has 0 N–H and O–H groups in total. The van der Waals surface area contributed by atoms with Crippen molar-refractivity contribution < 1.29 is 0 Å².